The summed E-state index contributed by atoms with van der Waals surface area (Å²) in [6.45, 7) is 0. The molecule has 0 saturated heterocycles. The van der Waals surface area contributed by atoms with Crippen molar-refractivity contribution in [2.45, 2.75) is 6.42 Å². The van der Waals surface area contributed by atoms with Crippen molar-refractivity contribution >= 4 is 11.7 Å². The van der Waals surface area contributed by atoms with Gasteiger partial charge in [0.1, 0.15) is 0 Å². The lowest BCUT2D eigenvalue weighted by Crippen LogP contribution is -2.11. The van der Waals surface area contributed by atoms with Gasteiger partial charge in [0, 0.05) is 11.6 Å². The number of nitro groups is 1. The van der Waals surface area contributed by atoms with Crippen LogP contribution in [0.5, 0.6) is 0 Å². The maximum absolute atomic E-state index is 10.8. The molecule has 7 heteroatoms. The van der Waals surface area contributed by atoms with E-state index < -0.39 is 28.6 Å². The van der Waals surface area contributed by atoms with Gasteiger partial charge in [-0.05, 0) is 0 Å². The Labute approximate surface area is 77.2 Å². The zero-order chi connectivity index (χ0) is 10.7. The molecule has 0 radical (unpaired) electrons. The second kappa shape index (κ2) is 3.69. The van der Waals surface area contributed by atoms with Crippen molar-refractivity contribution in [1.82, 2.24) is 4.98 Å². The first-order valence-corrected chi connectivity index (χ1v) is 3.58. The summed E-state index contributed by atoms with van der Waals surface area (Å²) < 4.78 is 0. The highest BCUT2D eigenvalue weighted by atomic mass is 16.6. The number of carbonyl (C=O) groups is 1. The van der Waals surface area contributed by atoms with Crippen molar-refractivity contribution in [3.63, 3.8) is 0 Å². The topological polar surface area (TPSA) is 113 Å². The first-order valence-electron chi connectivity index (χ1n) is 3.58. The Morgan fingerprint density at radius 2 is 2.29 bits per heavy atom. The van der Waals surface area contributed by atoms with Crippen molar-refractivity contribution in [2.75, 3.05) is 0 Å². The van der Waals surface area contributed by atoms with E-state index in [1.165, 1.54) is 0 Å². The van der Waals surface area contributed by atoms with E-state index >= 15 is 0 Å². The standard InChI is InChI=1S/C7H6N2O5/c10-6-1-4(2-7(11)12)5(3-8-6)9(13)14/h1,3H,2H2,(H,8,10)(H,11,12). The van der Waals surface area contributed by atoms with Crippen molar-refractivity contribution in [1.29, 1.82) is 0 Å². The van der Waals surface area contributed by atoms with Gasteiger partial charge >= 0.3 is 5.97 Å². The summed E-state index contributed by atoms with van der Waals surface area (Å²) in [6, 6.07) is 0.909. The molecular weight excluding hydrogens is 192 g/mol. The zero-order valence-corrected chi connectivity index (χ0v) is 6.89. The Hall–Kier alpha value is -2.18. The fourth-order valence-electron chi connectivity index (χ4n) is 0.981. The van der Waals surface area contributed by atoms with Gasteiger partial charge in [-0.3, -0.25) is 19.7 Å². The number of nitrogens with zero attached hydrogens (tertiary/aromatic N) is 1. The normalized spacial score (nSPS) is 9.71. The van der Waals surface area contributed by atoms with E-state index in [4.69, 9.17) is 5.11 Å². The number of pyridine rings is 1. The molecule has 0 spiro atoms. The Morgan fingerprint density at radius 3 is 2.79 bits per heavy atom. The summed E-state index contributed by atoms with van der Waals surface area (Å²) in [6.07, 6.45) is 0.348. The van der Waals surface area contributed by atoms with Crippen molar-refractivity contribution in [3.05, 3.63) is 38.3 Å². The maximum Gasteiger partial charge on any atom is 0.308 e. The van der Waals surface area contributed by atoms with E-state index in [1.54, 1.807) is 0 Å². The molecular formula is C7H6N2O5. The van der Waals surface area contributed by atoms with Crippen molar-refractivity contribution in [2.24, 2.45) is 0 Å². The lowest BCUT2D eigenvalue weighted by Gasteiger charge is -1.97. The van der Waals surface area contributed by atoms with Gasteiger partial charge in [0.05, 0.1) is 17.5 Å². The number of H-pyrrole nitrogens is 1. The molecule has 0 fully saturated rings. The third-order valence-electron chi connectivity index (χ3n) is 1.52. The van der Waals surface area contributed by atoms with E-state index in [1.807, 2.05) is 0 Å². The van der Waals surface area contributed by atoms with Gasteiger partial charge in [-0.25, -0.2) is 0 Å². The van der Waals surface area contributed by atoms with Gasteiger partial charge in [-0.2, -0.15) is 0 Å². The van der Waals surface area contributed by atoms with Gasteiger partial charge in [-0.1, -0.05) is 0 Å². The SMILES string of the molecule is O=C(O)Cc1cc(=O)[nH]cc1[N+](=O)[O-]. The molecule has 14 heavy (non-hydrogen) atoms. The molecule has 0 unspecified atom stereocenters. The Morgan fingerprint density at radius 1 is 1.64 bits per heavy atom. The molecule has 0 aliphatic carbocycles. The molecule has 1 rings (SSSR count). The second-order valence-electron chi connectivity index (χ2n) is 2.54. The molecule has 1 aromatic heterocycles. The van der Waals surface area contributed by atoms with Crippen molar-refractivity contribution in [3.8, 4) is 0 Å². The van der Waals surface area contributed by atoms with Crippen LogP contribution in [0.15, 0.2) is 17.1 Å². The third-order valence-corrected chi connectivity index (χ3v) is 1.52. The average Bonchev–Trinajstić information content (AvgIpc) is 2.01. The van der Waals surface area contributed by atoms with Crippen LogP contribution < -0.4 is 5.56 Å². The summed E-state index contributed by atoms with van der Waals surface area (Å²) in [4.78, 5) is 32.9. The van der Waals surface area contributed by atoms with Crippen LogP contribution in [-0.4, -0.2) is 21.0 Å². The Kier molecular flexibility index (Phi) is 2.61. The molecule has 1 heterocycles. The van der Waals surface area contributed by atoms with Crippen molar-refractivity contribution < 1.29 is 14.8 Å². The number of rotatable bonds is 3. The Balaban J connectivity index is 3.22. The summed E-state index contributed by atoms with van der Waals surface area (Å²) in [5.74, 6) is -1.22. The van der Waals surface area contributed by atoms with Crippen LogP contribution in [0.4, 0.5) is 5.69 Å². The molecule has 0 atom stereocenters. The lowest BCUT2D eigenvalue weighted by molar-refractivity contribution is -0.385. The van der Waals surface area contributed by atoms with Gasteiger partial charge in [0.15, 0.2) is 0 Å². The molecule has 0 bridgehead atoms. The van der Waals surface area contributed by atoms with Crippen LogP contribution in [0, 0.1) is 10.1 Å². The van der Waals surface area contributed by atoms with Crippen LogP contribution in [0.3, 0.4) is 0 Å². The van der Waals surface area contributed by atoms with E-state index in [0.717, 1.165) is 12.3 Å². The predicted octanol–water partition coefficient (Wildman–Crippen LogP) is -0.0898. The quantitative estimate of drug-likeness (QED) is 0.520. The molecule has 2 N–H and O–H groups in total. The number of carboxylic acids is 1. The number of carboxylic acid groups (broad SMARTS) is 1. The second-order valence-corrected chi connectivity index (χ2v) is 2.54. The molecule has 0 aliphatic heterocycles. The first kappa shape index (κ1) is 9.90. The summed E-state index contributed by atoms with van der Waals surface area (Å²) in [5.41, 5.74) is -1.06. The number of nitrogens with one attached hydrogen (secondary N) is 1. The number of hydrogen-bond acceptors (Lipinski definition) is 4. The van der Waals surface area contributed by atoms with Gasteiger partial charge < -0.3 is 10.1 Å². The summed E-state index contributed by atoms with van der Waals surface area (Å²) >= 11 is 0. The van der Waals surface area contributed by atoms with Gasteiger partial charge in [-0.15, -0.1) is 0 Å². The molecule has 0 amide bonds. The van der Waals surface area contributed by atoms with Crippen LogP contribution >= 0.6 is 0 Å². The highest BCUT2D eigenvalue weighted by molar-refractivity contribution is 5.71. The molecule has 74 valence electrons. The van der Waals surface area contributed by atoms with Crippen LogP contribution in [0.25, 0.3) is 0 Å². The van der Waals surface area contributed by atoms with E-state index in [2.05, 4.69) is 4.98 Å². The predicted molar refractivity (Wildman–Crippen MR) is 45.1 cm³/mol. The largest absolute Gasteiger partial charge is 0.481 e. The number of aromatic nitrogens is 1. The van der Waals surface area contributed by atoms with Gasteiger partial charge in [0.2, 0.25) is 5.56 Å². The Bertz CT molecular complexity index is 436. The third kappa shape index (κ3) is 2.16. The minimum absolute atomic E-state index is 0.105. The minimum atomic E-state index is -1.22. The van der Waals surface area contributed by atoms with E-state index in [9.17, 15) is 19.7 Å². The van der Waals surface area contributed by atoms with E-state index in [-0.39, 0.29) is 5.56 Å². The van der Waals surface area contributed by atoms with Crippen LogP contribution in [-0.2, 0) is 11.2 Å². The highest BCUT2D eigenvalue weighted by Crippen LogP contribution is 2.14. The fraction of sp³-hybridized carbons (Fsp3) is 0.143. The first-order chi connectivity index (χ1) is 6.50. The van der Waals surface area contributed by atoms with Crippen LogP contribution in [0.2, 0.25) is 0 Å². The molecule has 0 aromatic carbocycles. The fourth-order valence-corrected chi connectivity index (χ4v) is 0.981. The van der Waals surface area contributed by atoms with Gasteiger partial charge in [0.25, 0.3) is 5.69 Å². The average molecular weight is 198 g/mol. The molecule has 0 aliphatic rings. The smallest absolute Gasteiger partial charge is 0.308 e. The monoisotopic (exact) mass is 198 g/mol. The zero-order valence-electron chi connectivity index (χ0n) is 6.89. The summed E-state index contributed by atoms with van der Waals surface area (Å²) in [7, 11) is 0. The summed E-state index contributed by atoms with van der Waals surface area (Å²) in [5, 5.41) is 18.8. The molecule has 0 saturated carbocycles. The maximum atomic E-state index is 10.8. The number of hydrogen-bond donors (Lipinski definition) is 2. The minimum Gasteiger partial charge on any atom is -0.481 e. The highest BCUT2D eigenvalue weighted by Gasteiger charge is 2.16. The molecule has 1 aromatic rings. The molecule has 7 nitrogen and oxygen atoms in total. The lowest BCUT2D eigenvalue weighted by atomic mass is 10.1. The number of aromatic amines is 1. The number of aliphatic carboxylic acids is 1. The van der Waals surface area contributed by atoms with Crippen LogP contribution in [0.1, 0.15) is 5.56 Å². The van der Waals surface area contributed by atoms with E-state index in [0.29, 0.717) is 0 Å².